The number of hydrogen-bond acceptors (Lipinski definition) is 5. The molecule has 2 amide bonds. The van der Waals surface area contributed by atoms with Gasteiger partial charge in [0.25, 0.3) is 0 Å². The molecule has 0 bridgehead atoms. The van der Waals surface area contributed by atoms with Gasteiger partial charge in [0.05, 0.1) is 6.54 Å². The maximum atomic E-state index is 12.0. The third-order valence-electron chi connectivity index (χ3n) is 3.79. The molecule has 130 valence electrons. The van der Waals surface area contributed by atoms with Crippen LogP contribution in [0.5, 0.6) is 0 Å². The number of nitrogens with one attached hydrogen (secondary N) is 2. The molecule has 0 saturated heterocycles. The zero-order valence-corrected chi connectivity index (χ0v) is 14.0. The molecule has 2 N–H and O–H groups in total. The first-order valence-electron chi connectivity index (χ1n) is 8.10. The van der Waals surface area contributed by atoms with Crippen molar-refractivity contribution >= 4 is 22.8 Å². The van der Waals surface area contributed by atoms with Crippen molar-refractivity contribution in [1.82, 2.24) is 15.5 Å². The lowest BCUT2D eigenvalue weighted by atomic mass is 10.2. The van der Waals surface area contributed by atoms with Crippen molar-refractivity contribution in [3.05, 3.63) is 66.1 Å². The van der Waals surface area contributed by atoms with Crippen molar-refractivity contribution in [2.45, 2.75) is 13.5 Å². The first-order valence-corrected chi connectivity index (χ1v) is 8.10. The van der Waals surface area contributed by atoms with E-state index >= 15 is 0 Å². The average molecular weight is 348 g/mol. The normalized spacial score (nSPS) is 10.8. The first-order chi connectivity index (χ1) is 12.7. The van der Waals surface area contributed by atoms with E-state index in [4.69, 9.17) is 8.94 Å². The van der Waals surface area contributed by atoms with Gasteiger partial charge in [0.1, 0.15) is 17.0 Å². The Balaban J connectivity index is 1.40. The summed E-state index contributed by atoms with van der Waals surface area (Å²) >= 11 is 0. The molecule has 2 aromatic heterocycles. The number of amides is 2. The number of hydrogen-bond donors (Lipinski definition) is 2. The van der Waals surface area contributed by atoms with Crippen LogP contribution in [0.2, 0.25) is 0 Å². The van der Waals surface area contributed by atoms with Gasteiger partial charge in [-0.1, -0.05) is 17.3 Å². The van der Waals surface area contributed by atoms with E-state index in [0.29, 0.717) is 29.6 Å². The number of para-hydroxylation sites is 2. The number of carbonyl (C=O) groups is 1. The number of anilines is 1. The fraction of sp³-hybridized carbons (Fsp3) is 0.105. The van der Waals surface area contributed by atoms with E-state index in [1.54, 1.807) is 25.1 Å². The van der Waals surface area contributed by atoms with Crippen LogP contribution in [-0.2, 0) is 6.54 Å². The largest absolute Gasteiger partial charge is 0.436 e. The molecule has 7 heteroatoms. The fourth-order valence-corrected chi connectivity index (χ4v) is 2.54. The van der Waals surface area contributed by atoms with E-state index in [1.165, 1.54) is 0 Å². The Labute approximate surface area is 149 Å². The summed E-state index contributed by atoms with van der Waals surface area (Å²) in [7, 11) is 0. The minimum atomic E-state index is -0.319. The summed E-state index contributed by atoms with van der Waals surface area (Å²) in [5.41, 5.74) is 3.73. The second-order valence-electron chi connectivity index (χ2n) is 5.80. The van der Waals surface area contributed by atoms with Crippen LogP contribution in [-0.4, -0.2) is 16.2 Å². The van der Waals surface area contributed by atoms with E-state index in [2.05, 4.69) is 20.8 Å². The molecule has 4 rings (SSSR count). The Kier molecular flexibility index (Phi) is 4.10. The van der Waals surface area contributed by atoms with Crippen LogP contribution in [0.1, 0.15) is 11.5 Å². The minimum absolute atomic E-state index is 0.296. The Morgan fingerprint density at radius 3 is 2.65 bits per heavy atom. The van der Waals surface area contributed by atoms with Gasteiger partial charge in [-0.25, -0.2) is 9.78 Å². The fourth-order valence-electron chi connectivity index (χ4n) is 2.54. The van der Waals surface area contributed by atoms with Crippen LogP contribution < -0.4 is 10.6 Å². The summed E-state index contributed by atoms with van der Waals surface area (Å²) < 4.78 is 10.7. The SMILES string of the molecule is Cc1cc(CNC(=O)Nc2ccc(-c3nc4ccccc4o3)cc2)no1. The molecule has 7 nitrogen and oxygen atoms in total. The number of aryl methyl sites for hydroxylation is 1. The highest BCUT2D eigenvalue weighted by Gasteiger charge is 2.09. The summed E-state index contributed by atoms with van der Waals surface area (Å²) in [6.45, 7) is 2.10. The molecule has 26 heavy (non-hydrogen) atoms. The summed E-state index contributed by atoms with van der Waals surface area (Å²) in [6.07, 6.45) is 0. The highest BCUT2D eigenvalue weighted by Crippen LogP contribution is 2.25. The number of nitrogens with zero attached hydrogens (tertiary/aromatic N) is 2. The van der Waals surface area contributed by atoms with Crippen molar-refractivity contribution in [3.63, 3.8) is 0 Å². The monoisotopic (exact) mass is 348 g/mol. The number of benzene rings is 2. The third-order valence-corrected chi connectivity index (χ3v) is 3.79. The van der Waals surface area contributed by atoms with Gasteiger partial charge in [-0.15, -0.1) is 0 Å². The predicted octanol–water partition coefficient (Wildman–Crippen LogP) is 4.11. The van der Waals surface area contributed by atoms with E-state index in [1.807, 2.05) is 36.4 Å². The first kappa shape index (κ1) is 15.9. The topological polar surface area (TPSA) is 93.2 Å². The lowest BCUT2D eigenvalue weighted by molar-refractivity contribution is 0.251. The van der Waals surface area contributed by atoms with Gasteiger partial charge < -0.3 is 19.6 Å². The average Bonchev–Trinajstić information content (AvgIpc) is 3.26. The highest BCUT2D eigenvalue weighted by atomic mass is 16.5. The lowest BCUT2D eigenvalue weighted by Gasteiger charge is -2.06. The summed E-state index contributed by atoms with van der Waals surface area (Å²) in [4.78, 5) is 16.4. The number of carbonyl (C=O) groups excluding carboxylic acids is 1. The van der Waals surface area contributed by atoms with Gasteiger partial charge in [0, 0.05) is 17.3 Å². The van der Waals surface area contributed by atoms with Gasteiger partial charge in [0.2, 0.25) is 5.89 Å². The standard InChI is InChI=1S/C19H16N4O3/c1-12-10-15(23-26-12)11-20-19(24)21-14-8-6-13(7-9-14)18-22-16-4-2-3-5-17(16)25-18/h2-10H,11H2,1H3,(H2,20,21,24). The molecule has 0 fully saturated rings. The van der Waals surface area contributed by atoms with E-state index < -0.39 is 0 Å². The number of urea groups is 1. The van der Waals surface area contributed by atoms with Gasteiger partial charge in [-0.2, -0.15) is 0 Å². The third kappa shape index (κ3) is 3.41. The van der Waals surface area contributed by atoms with Crippen LogP contribution in [0.3, 0.4) is 0 Å². The maximum Gasteiger partial charge on any atom is 0.319 e. The molecule has 4 aromatic rings. The second-order valence-corrected chi connectivity index (χ2v) is 5.80. The summed E-state index contributed by atoms with van der Waals surface area (Å²) in [6, 6.07) is 16.3. The molecule has 2 aromatic carbocycles. The molecule has 0 aliphatic carbocycles. The quantitative estimate of drug-likeness (QED) is 0.579. The molecule has 2 heterocycles. The lowest BCUT2D eigenvalue weighted by Crippen LogP contribution is -2.28. The molecular weight excluding hydrogens is 332 g/mol. The number of oxazole rings is 1. The Hall–Kier alpha value is -3.61. The van der Waals surface area contributed by atoms with Crippen LogP contribution in [0.4, 0.5) is 10.5 Å². The summed E-state index contributed by atoms with van der Waals surface area (Å²) in [5.74, 6) is 1.25. The van der Waals surface area contributed by atoms with Crippen molar-refractivity contribution in [3.8, 4) is 11.5 Å². The van der Waals surface area contributed by atoms with Gasteiger partial charge >= 0.3 is 6.03 Å². The minimum Gasteiger partial charge on any atom is -0.436 e. The molecule has 0 radical (unpaired) electrons. The second kappa shape index (κ2) is 6.72. The Morgan fingerprint density at radius 2 is 1.92 bits per heavy atom. The molecular formula is C19H16N4O3. The van der Waals surface area contributed by atoms with Crippen molar-refractivity contribution < 1.29 is 13.7 Å². The Bertz CT molecular complexity index is 1020. The molecule has 0 spiro atoms. The maximum absolute atomic E-state index is 12.0. The molecule has 0 atom stereocenters. The number of aromatic nitrogens is 2. The predicted molar refractivity (Wildman–Crippen MR) is 96.5 cm³/mol. The Morgan fingerprint density at radius 1 is 1.12 bits per heavy atom. The van der Waals surface area contributed by atoms with Crippen molar-refractivity contribution in [2.75, 3.05) is 5.32 Å². The molecule has 0 saturated carbocycles. The van der Waals surface area contributed by atoms with Gasteiger partial charge in [0.15, 0.2) is 5.58 Å². The van der Waals surface area contributed by atoms with Crippen LogP contribution in [0, 0.1) is 6.92 Å². The zero-order valence-electron chi connectivity index (χ0n) is 14.0. The number of fused-ring (bicyclic) bond motifs is 1. The molecule has 0 aliphatic heterocycles. The van der Waals surface area contributed by atoms with Crippen LogP contribution >= 0.6 is 0 Å². The van der Waals surface area contributed by atoms with E-state index in [9.17, 15) is 4.79 Å². The van der Waals surface area contributed by atoms with Crippen LogP contribution in [0.15, 0.2) is 63.5 Å². The van der Waals surface area contributed by atoms with E-state index in [-0.39, 0.29) is 6.03 Å². The van der Waals surface area contributed by atoms with E-state index in [0.717, 1.165) is 16.7 Å². The van der Waals surface area contributed by atoms with Crippen molar-refractivity contribution in [1.29, 1.82) is 0 Å². The molecule has 0 unspecified atom stereocenters. The number of rotatable bonds is 4. The zero-order chi connectivity index (χ0) is 17.9. The van der Waals surface area contributed by atoms with Crippen LogP contribution in [0.25, 0.3) is 22.6 Å². The highest BCUT2D eigenvalue weighted by molar-refractivity contribution is 5.89. The van der Waals surface area contributed by atoms with Gasteiger partial charge in [-0.3, -0.25) is 0 Å². The molecule has 0 aliphatic rings. The summed E-state index contributed by atoms with van der Waals surface area (Å²) in [5, 5.41) is 9.31. The smallest absolute Gasteiger partial charge is 0.319 e. The van der Waals surface area contributed by atoms with Crippen molar-refractivity contribution in [2.24, 2.45) is 0 Å². The van der Waals surface area contributed by atoms with Gasteiger partial charge in [-0.05, 0) is 43.3 Å².